The van der Waals surface area contributed by atoms with Crippen LogP contribution in [0.2, 0.25) is 0 Å². The van der Waals surface area contributed by atoms with Gasteiger partial charge in [0.25, 0.3) is 0 Å². The van der Waals surface area contributed by atoms with Crippen LogP contribution in [0, 0.1) is 13.8 Å². The van der Waals surface area contributed by atoms with E-state index < -0.39 is 0 Å². The van der Waals surface area contributed by atoms with E-state index in [0.29, 0.717) is 0 Å². The second-order valence-corrected chi connectivity index (χ2v) is 4.62. The predicted octanol–water partition coefficient (Wildman–Crippen LogP) is 3.50. The molecule has 1 aromatic rings. The zero-order valence-electron chi connectivity index (χ0n) is 11.0. The maximum atomic E-state index is 6.16. The van der Waals surface area contributed by atoms with Crippen LogP contribution in [0.1, 0.15) is 49.9 Å². The van der Waals surface area contributed by atoms with E-state index in [2.05, 4.69) is 32.9 Å². The molecule has 0 aromatic heterocycles. The lowest BCUT2D eigenvalue weighted by Gasteiger charge is -2.22. The zero-order chi connectivity index (χ0) is 12.3. The largest absolute Gasteiger partial charge is 0.490 e. The molecule has 0 radical (unpaired) electrons. The molecule has 1 unspecified atom stereocenters. The molecule has 0 heterocycles. The normalized spacial score (nSPS) is 12.9. The molecule has 2 nitrogen and oxygen atoms in total. The van der Waals surface area contributed by atoms with Gasteiger partial charge in [-0.25, -0.2) is 0 Å². The molecule has 2 heteroatoms. The number of aryl methyl sites for hydroxylation is 2. The van der Waals surface area contributed by atoms with Gasteiger partial charge in [0.2, 0.25) is 0 Å². The summed E-state index contributed by atoms with van der Waals surface area (Å²) in [4.78, 5) is 0. The lowest BCUT2D eigenvalue weighted by molar-refractivity contribution is 0.236. The number of rotatable bonds is 4. The average molecular weight is 221 g/mol. The van der Waals surface area contributed by atoms with Gasteiger partial charge in [0.15, 0.2) is 0 Å². The summed E-state index contributed by atoms with van der Waals surface area (Å²) in [6.07, 6.45) is 1.11. The van der Waals surface area contributed by atoms with Crippen LogP contribution in [0.5, 0.6) is 5.75 Å². The van der Waals surface area contributed by atoms with Crippen LogP contribution >= 0.6 is 0 Å². The van der Waals surface area contributed by atoms with E-state index in [4.69, 9.17) is 10.5 Å². The molecule has 0 spiro atoms. The van der Waals surface area contributed by atoms with E-state index >= 15 is 0 Å². The zero-order valence-corrected chi connectivity index (χ0v) is 11.0. The lowest BCUT2D eigenvalue weighted by Crippen LogP contribution is -2.16. The molecule has 0 fully saturated rings. The van der Waals surface area contributed by atoms with Gasteiger partial charge < -0.3 is 10.5 Å². The monoisotopic (exact) mass is 221 g/mol. The predicted molar refractivity (Wildman–Crippen MR) is 68.9 cm³/mol. The van der Waals surface area contributed by atoms with E-state index in [-0.39, 0.29) is 12.1 Å². The topological polar surface area (TPSA) is 35.2 Å². The van der Waals surface area contributed by atoms with Crippen molar-refractivity contribution in [2.45, 2.75) is 53.2 Å². The molecule has 1 atom stereocenters. The molecule has 0 bridgehead atoms. The minimum atomic E-state index is 0.0636. The highest BCUT2D eigenvalue weighted by Crippen LogP contribution is 2.32. The molecule has 2 N–H and O–H groups in total. The van der Waals surface area contributed by atoms with Crippen LogP contribution < -0.4 is 10.5 Å². The average Bonchev–Trinajstić information content (AvgIpc) is 2.22. The third-order valence-corrected chi connectivity index (χ3v) is 2.78. The van der Waals surface area contributed by atoms with Crippen molar-refractivity contribution in [3.05, 3.63) is 28.8 Å². The third kappa shape index (κ3) is 2.76. The van der Waals surface area contributed by atoms with Crippen molar-refractivity contribution in [1.82, 2.24) is 0 Å². The van der Waals surface area contributed by atoms with Crippen LogP contribution in [-0.4, -0.2) is 6.10 Å². The maximum Gasteiger partial charge on any atom is 0.127 e. The van der Waals surface area contributed by atoms with Gasteiger partial charge in [-0.1, -0.05) is 19.1 Å². The summed E-state index contributed by atoms with van der Waals surface area (Å²) >= 11 is 0. The maximum absolute atomic E-state index is 6.16. The Kier molecular flexibility index (Phi) is 4.36. The van der Waals surface area contributed by atoms with Gasteiger partial charge in [0, 0.05) is 11.6 Å². The fraction of sp³-hybridized carbons (Fsp3) is 0.571. The molecule has 0 saturated heterocycles. The second kappa shape index (κ2) is 5.35. The van der Waals surface area contributed by atoms with Crippen LogP contribution in [0.3, 0.4) is 0 Å². The molecule has 0 amide bonds. The molecular weight excluding hydrogens is 198 g/mol. The summed E-state index contributed by atoms with van der Waals surface area (Å²) in [6.45, 7) is 10.4. The molecule has 16 heavy (non-hydrogen) atoms. The Labute approximate surface area is 98.8 Å². The highest BCUT2D eigenvalue weighted by Gasteiger charge is 2.16. The van der Waals surface area contributed by atoms with Crippen LogP contribution in [0.4, 0.5) is 0 Å². The van der Waals surface area contributed by atoms with Gasteiger partial charge in [-0.2, -0.15) is 0 Å². The van der Waals surface area contributed by atoms with Gasteiger partial charge in [0.05, 0.1) is 6.10 Å². The van der Waals surface area contributed by atoms with Crippen molar-refractivity contribution in [3.8, 4) is 5.75 Å². The summed E-state index contributed by atoms with van der Waals surface area (Å²) in [7, 11) is 0. The first-order chi connectivity index (χ1) is 7.47. The molecule has 0 saturated carbocycles. The van der Waals surface area contributed by atoms with Crippen LogP contribution in [-0.2, 0) is 0 Å². The molecule has 0 aliphatic rings. The van der Waals surface area contributed by atoms with Crippen LogP contribution in [0.25, 0.3) is 0 Å². The van der Waals surface area contributed by atoms with Gasteiger partial charge in [-0.3, -0.25) is 0 Å². The molecule has 1 rings (SSSR count). The Morgan fingerprint density at radius 2 is 1.75 bits per heavy atom. The van der Waals surface area contributed by atoms with Crippen molar-refractivity contribution in [2.75, 3.05) is 0 Å². The first kappa shape index (κ1) is 13.0. The second-order valence-electron chi connectivity index (χ2n) is 4.62. The van der Waals surface area contributed by atoms with E-state index in [0.717, 1.165) is 17.7 Å². The molecule has 0 aliphatic carbocycles. The third-order valence-electron chi connectivity index (χ3n) is 2.78. The van der Waals surface area contributed by atoms with Crippen molar-refractivity contribution >= 4 is 0 Å². The summed E-state index contributed by atoms with van der Waals surface area (Å²) in [5.74, 6) is 0.976. The smallest absolute Gasteiger partial charge is 0.127 e. The highest BCUT2D eigenvalue weighted by molar-refractivity contribution is 5.47. The Hall–Kier alpha value is -1.02. The standard InChI is InChI=1S/C14H23NO/c1-6-12(15)13-10(4)7-8-11(5)14(13)16-9(2)3/h7-9,12H,6,15H2,1-5H3. The number of hydrogen-bond acceptors (Lipinski definition) is 2. The van der Waals surface area contributed by atoms with Gasteiger partial charge >= 0.3 is 0 Å². The summed E-state index contributed by atoms with van der Waals surface area (Å²) in [6, 6.07) is 4.28. The minimum Gasteiger partial charge on any atom is -0.490 e. The first-order valence-corrected chi connectivity index (χ1v) is 5.99. The fourth-order valence-corrected chi connectivity index (χ4v) is 1.86. The summed E-state index contributed by atoms with van der Waals surface area (Å²) in [5.41, 5.74) is 9.71. The van der Waals surface area contributed by atoms with Crippen molar-refractivity contribution in [1.29, 1.82) is 0 Å². The van der Waals surface area contributed by atoms with E-state index in [1.165, 1.54) is 11.1 Å². The molecule has 0 aliphatic heterocycles. The van der Waals surface area contributed by atoms with Crippen molar-refractivity contribution in [2.24, 2.45) is 5.73 Å². The molecular formula is C14H23NO. The van der Waals surface area contributed by atoms with E-state index in [1.807, 2.05) is 13.8 Å². The highest BCUT2D eigenvalue weighted by atomic mass is 16.5. The Bertz CT molecular complexity index is 358. The lowest BCUT2D eigenvalue weighted by atomic mass is 9.96. The minimum absolute atomic E-state index is 0.0636. The Balaban J connectivity index is 3.25. The van der Waals surface area contributed by atoms with Gasteiger partial charge in [-0.05, 0) is 45.2 Å². The number of hydrogen-bond donors (Lipinski definition) is 1. The van der Waals surface area contributed by atoms with Gasteiger partial charge in [-0.15, -0.1) is 0 Å². The fourth-order valence-electron chi connectivity index (χ4n) is 1.86. The molecule has 1 aromatic carbocycles. The Morgan fingerprint density at radius 3 is 2.25 bits per heavy atom. The van der Waals surface area contributed by atoms with Crippen molar-refractivity contribution in [3.63, 3.8) is 0 Å². The first-order valence-electron chi connectivity index (χ1n) is 5.99. The number of ether oxygens (including phenoxy) is 1. The van der Waals surface area contributed by atoms with Crippen LogP contribution in [0.15, 0.2) is 12.1 Å². The van der Waals surface area contributed by atoms with Crippen molar-refractivity contribution < 1.29 is 4.74 Å². The number of nitrogens with two attached hydrogens (primary N) is 1. The van der Waals surface area contributed by atoms with E-state index in [9.17, 15) is 0 Å². The summed E-state index contributed by atoms with van der Waals surface area (Å²) < 4.78 is 5.90. The SMILES string of the molecule is CCC(N)c1c(C)ccc(C)c1OC(C)C. The summed E-state index contributed by atoms with van der Waals surface area (Å²) in [5, 5.41) is 0. The van der Waals surface area contributed by atoms with Gasteiger partial charge in [0.1, 0.15) is 5.75 Å². The van der Waals surface area contributed by atoms with E-state index in [1.54, 1.807) is 0 Å². The molecule has 90 valence electrons. The number of benzene rings is 1. The quantitative estimate of drug-likeness (QED) is 0.844. The Morgan fingerprint density at radius 1 is 1.19 bits per heavy atom.